The van der Waals surface area contributed by atoms with E-state index in [1.165, 1.54) is 31.5 Å². The third kappa shape index (κ3) is 5.05. The van der Waals surface area contributed by atoms with Gasteiger partial charge in [-0.2, -0.15) is 0 Å². The molecule has 1 atom stereocenters. The summed E-state index contributed by atoms with van der Waals surface area (Å²) in [5.74, 6) is 1.71. The number of para-hydroxylation sites is 1. The van der Waals surface area contributed by atoms with E-state index in [-0.39, 0.29) is 0 Å². The number of benzene rings is 1. The van der Waals surface area contributed by atoms with Crippen molar-refractivity contribution in [3.05, 3.63) is 59.9 Å². The summed E-state index contributed by atoms with van der Waals surface area (Å²) >= 11 is 0. The lowest BCUT2D eigenvalue weighted by Crippen LogP contribution is -2.37. The van der Waals surface area contributed by atoms with E-state index in [1.54, 1.807) is 6.20 Å². The highest BCUT2D eigenvalue weighted by Crippen LogP contribution is 2.20. The van der Waals surface area contributed by atoms with Crippen molar-refractivity contribution in [3.63, 3.8) is 0 Å². The van der Waals surface area contributed by atoms with Gasteiger partial charge in [0.1, 0.15) is 12.4 Å². The predicted molar refractivity (Wildman–Crippen MR) is 96.9 cm³/mol. The quantitative estimate of drug-likeness (QED) is 0.849. The van der Waals surface area contributed by atoms with Crippen LogP contribution in [-0.4, -0.2) is 36.6 Å². The molecule has 4 heteroatoms. The molecule has 2 heterocycles. The van der Waals surface area contributed by atoms with Gasteiger partial charge in [0.05, 0.1) is 0 Å². The van der Waals surface area contributed by atoms with Crippen LogP contribution in [0.15, 0.2) is 48.8 Å². The number of pyridine rings is 1. The molecule has 1 aromatic carbocycles. The molecule has 0 saturated carbocycles. The zero-order valence-electron chi connectivity index (χ0n) is 14.4. The normalized spacial score (nSPS) is 18.5. The number of nitrogens with one attached hydrogen (secondary N) is 1. The Hall–Kier alpha value is -1.91. The molecule has 0 unspecified atom stereocenters. The molecule has 24 heavy (non-hydrogen) atoms. The maximum atomic E-state index is 5.99. The molecule has 2 aromatic rings. The van der Waals surface area contributed by atoms with Crippen molar-refractivity contribution in [3.8, 4) is 5.75 Å². The average molecular weight is 325 g/mol. The van der Waals surface area contributed by atoms with Crippen LogP contribution < -0.4 is 10.1 Å². The fourth-order valence-corrected chi connectivity index (χ4v) is 3.29. The van der Waals surface area contributed by atoms with E-state index in [1.807, 2.05) is 30.5 Å². The number of nitrogens with zero attached hydrogens (tertiary/aromatic N) is 2. The largest absolute Gasteiger partial charge is 0.489 e. The highest BCUT2D eigenvalue weighted by atomic mass is 16.5. The van der Waals surface area contributed by atoms with Gasteiger partial charge in [-0.1, -0.05) is 24.3 Å². The minimum Gasteiger partial charge on any atom is -0.489 e. The smallest absolute Gasteiger partial charge is 0.124 e. The lowest BCUT2D eigenvalue weighted by molar-refractivity contribution is 0.206. The van der Waals surface area contributed by atoms with Gasteiger partial charge in [0, 0.05) is 36.6 Å². The first-order valence-electron chi connectivity index (χ1n) is 8.80. The molecule has 4 nitrogen and oxygen atoms in total. The number of piperidine rings is 1. The van der Waals surface area contributed by atoms with Crippen LogP contribution in [0.4, 0.5) is 0 Å². The first-order valence-corrected chi connectivity index (χ1v) is 8.80. The van der Waals surface area contributed by atoms with Gasteiger partial charge in [-0.3, -0.25) is 4.98 Å². The molecular formula is C20H27N3O. The van der Waals surface area contributed by atoms with Crippen molar-refractivity contribution in [2.24, 2.45) is 5.92 Å². The molecular weight excluding hydrogens is 298 g/mol. The Bertz CT molecular complexity index is 617. The number of aromatic nitrogens is 1. The van der Waals surface area contributed by atoms with Crippen LogP contribution in [-0.2, 0) is 13.2 Å². The van der Waals surface area contributed by atoms with Crippen LogP contribution in [0.1, 0.15) is 24.0 Å². The highest BCUT2D eigenvalue weighted by molar-refractivity contribution is 5.33. The molecule has 0 aliphatic carbocycles. The monoisotopic (exact) mass is 325 g/mol. The Morgan fingerprint density at radius 2 is 2.17 bits per heavy atom. The maximum absolute atomic E-state index is 5.99. The predicted octanol–water partition coefficient (Wildman–Crippen LogP) is 3.09. The first-order chi connectivity index (χ1) is 11.8. The second-order valence-electron chi connectivity index (χ2n) is 6.66. The molecule has 0 spiro atoms. The third-order valence-corrected chi connectivity index (χ3v) is 4.56. The van der Waals surface area contributed by atoms with Gasteiger partial charge in [0.15, 0.2) is 0 Å². The maximum Gasteiger partial charge on any atom is 0.124 e. The summed E-state index contributed by atoms with van der Waals surface area (Å²) < 4.78 is 5.99. The number of rotatable bonds is 7. The van der Waals surface area contributed by atoms with Gasteiger partial charge in [-0.05, 0) is 51.0 Å². The van der Waals surface area contributed by atoms with Gasteiger partial charge in [-0.15, -0.1) is 0 Å². The topological polar surface area (TPSA) is 37.4 Å². The lowest BCUT2D eigenvalue weighted by atomic mass is 9.98. The fourth-order valence-electron chi connectivity index (χ4n) is 3.29. The molecule has 1 fully saturated rings. The Kier molecular flexibility index (Phi) is 6.21. The standard InChI is InChI=1S/C20H27N3O/c1-23-11-5-7-17(15-23)12-22-14-19-8-2-3-9-20(19)24-16-18-6-4-10-21-13-18/h2-4,6,8-10,13,17,22H,5,7,11-12,14-16H2,1H3/t17-/m1/s1. The zero-order chi connectivity index (χ0) is 16.6. The van der Waals surface area contributed by atoms with Crippen molar-refractivity contribution in [2.45, 2.75) is 26.0 Å². The Morgan fingerprint density at radius 1 is 1.25 bits per heavy atom. The average Bonchev–Trinajstić information content (AvgIpc) is 2.62. The minimum absolute atomic E-state index is 0.554. The summed E-state index contributed by atoms with van der Waals surface area (Å²) in [5, 5.41) is 3.61. The SMILES string of the molecule is CN1CCC[C@H](CNCc2ccccc2OCc2cccnc2)C1. The summed E-state index contributed by atoms with van der Waals surface area (Å²) in [5.41, 5.74) is 2.30. The van der Waals surface area contributed by atoms with E-state index in [0.717, 1.165) is 30.3 Å². The van der Waals surface area contributed by atoms with Gasteiger partial charge in [0.25, 0.3) is 0 Å². The molecule has 0 bridgehead atoms. The van der Waals surface area contributed by atoms with Crippen LogP contribution in [0.25, 0.3) is 0 Å². The van der Waals surface area contributed by atoms with Gasteiger partial charge in [-0.25, -0.2) is 0 Å². The van der Waals surface area contributed by atoms with Gasteiger partial charge < -0.3 is 15.0 Å². The van der Waals surface area contributed by atoms with E-state index < -0.39 is 0 Å². The Balaban J connectivity index is 1.50. The van der Waals surface area contributed by atoms with E-state index in [0.29, 0.717) is 6.61 Å². The number of ether oxygens (including phenoxy) is 1. The molecule has 128 valence electrons. The van der Waals surface area contributed by atoms with Crippen LogP contribution in [0.3, 0.4) is 0 Å². The summed E-state index contributed by atoms with van der Waals surface area (Å²) in [4.78, 5) is 6.56. The van der Waals surface area contributed by atoms with Crippen molar-refractivity contribution in [1.82, 2.24) is 15.2 Å². The van der Waals surface area contributed by atoms with E-state index >= 15 is 0 Å². The van der Waals surface area contributed by atoms with Crippen molar-refractivity contribution >= 4 is 0 Å². The van der Waals surface area contributed by atoms with E-state index in [2.05, 4.69) is 34.4 Å². The molecule has 1 aromatic heterocycles. The van der Waals surface area contributed by atoms with Gasteiger partial charge in [0.2, 0.25) is 0 Å². The Labute approximate surface area is 144 Å². The summed E-state index contributed by atoms with van der Waals surface area (Å²) in [7, 11) is 2.22. The molecule has 0 radical (unpaired) electrons. The van der Waals surface area contributed by atoms with E-state index in [9.17, 15) is 0 Å². The fraction of sp³-hybridized carbons (Fsp3) is 0.450. The van der Waals surface area contributed by atoms with Crippen LogP contribution in [0.5, 0.6) is 5.75 Å². The van der Waals surface area contributed by atoms with Crippen molar-refractivity contribution in [2.75, 3.05) is 26.7 Å². The highest BCUT2D eigenvalue weighted by Gasteiger charge is 2.16. The second kappa shape index (κ2) is 8.81. The lowest BCUT2D eigenvalue weighted by Gasteiger charge is -2.29. The molecule has 0 amide bonds. The summed E-state index contributed by atoms with van der Waals surface area (Å²) in [6.07, 6.45) is 6.27. The second-order valence-corrected chi connectivity index (χ2v) is 6.66. The third-order valence-electron chi connectivity index (χ3n) is 4.56. The Morgan fingerprint density at radius 3 is 3.00 bits per heavy atom. The molecule has 1 aliphatic rings. The van der Waals surface area contributed by atoms with Crippen molar-refractivity contribution < 1.29 is 4.74 Å². The zero-order valence-corrected chi connectivity index (χ0v) is 14.4. The van der Waals surface area contributed by atoms with E-state index in [4.69, 9.17) is 4.74 Å². The number of likely N-dealkylation sites (tertiary alicyclic amines) is 1. The van der Waals surface area contributed by atoms with Crippen LogP contribution >= 0.6 is 0 Å². The number of hydrogen-bond acceptors (Lipinski definition) is 4. The van der Waals surface area contributed by atoms with Crippen molar-refractivity contribution in [1.29, 1.82) is 0 Å². The summed E-state index contributed by atoms with van der Waals surface area (Å²) in [6.45, 7) is 4.91. The minimum atomic E-state index is 0.554. The molecule has 1 saturated heterocycles. The van der Waals surface area contributed by atoms with Crippen LogP contribution in [0.2, 0.25) is 0 Å². The summed E-state index contributed by atoms with van der Waals surface area (Å²) in [6, 6.07) is 12.3. The van der Waals surface area contributed by atoms with Gasteiger partial charge >= 0.3 is 0 Å². The van der Waals surface area contributed by atoms with Crippen LogP contribution in [0, 0.1) is 5.92 Å². The molecule has 1 aliphatic heterocycles. The first kappa shape index (κ1) is 16.9. The molecule has 1 N–H and O–H groups in total. The number of hydrogen-bond donors (Lipinski definition) is 1. The molecule has 3 rings (SSSR count).